The van der Waals surface area contributed by atoms with Crippen LogP contribution in [-0.2, 0) is 9.84 Å². The van der Waals surface area contributed by atoms with Gasteiger partial charge >= 0.3 is 0 Å². The minimum atomic E-state index is -3.34. The fourth-order valence-electron chi connectivity index (χ4n) is 1.93. The van der Waals surface area contributed by atoms with Crippen LogP contribution in [0.15, 0.2) is 47.5 Å². The summed E-state index contributed by atoms with van der Waals surface area (Å²) in [6.45, 7) is 1.90. The molecule has 108 valence electrons. The number of nitrogens with zero attached hydrogens (tertiary/aromatic N) is 2. The van der Waals surface area contributed by atoms with Gasteiger partial charge in [-0.05, 0) is 36.8 Å². The molecular formula is C15H15N3O2S. The normalized spacial score (nSPS) is 12.4. The molecule has 0 aliphatic rings. The monoisotopic (exact) mass is 301 g/mol. The fraction of sp³-hybridized carbons (Fsp3) is 0.200. The first-order chi connectivity index (χ1) is 9.91. The molecule has 0 saturated heterocycles. The van der Waals surface area contributed by atoms with E-state index in [-0.39, 0.29) is 10.9 Å². The Hall–Kier alpha value is -2.39. The van der Waals surface area contributed by atoms with E-state index in [0.717, 1.165) is 11.8 Å². The molecule has 6 heteroatoms. The van der Waals surface area contributed by atoms with Crippen molar-refractivity contribution in [1.29, 1.82) is 5.26 Å². The van der Waals surface area contributed by atoms with Gasteiger partial charge in [-0.15, -0.1) is 0 Å². The molecule has 1 atom stereocenters. The molecule has 0 bridgehead atoms. The van der Waals surface area contributed by atoms with Gasteiger partial charge in [0.25, 0.3) is 0 Å². The number of anilines is 1. The number of nitrogens with one attached hydrogen (secondary N) is 1. The number of aromatic nitrogens is 1. The Morgan fingerprint density at radius 3 is 2.48 bits per heavy atom. The van der Waals surface area contributed by atoms with Crippen molar-refractivity contribution >= 4 is 15.7 Å². The first-order valence-electron chi connectivity index (χ1n) is 6.33. The van der Waals surface area contributed by atoms with Gasteiger partial charge in [0.05, 0.1) is 11.6 Å². The van der Waals surface area contributed by atoms with Crippen molar-refractivity contribution in [3.63, 3.8) is 0 Å². The third-order valence-corrected chi connectivity index (χ3v) is 4.19. The number of pyridine rings is 1. The average Bonchev–Trinajstić information content (AvgIpc) is 2.47. The Morgan fingerprint density at radius 2 is 1.90 bits per heavy atom. The van der Waals surface area contributed by atoms with Crippen LogP contribution in [0.25, 0.3) is 0 Å². The van der Waals surface area contributed by atoms with Gasteiger partial charge in [-0.2, -0.15) is 5.26 Å². The van der Waals surface area contributed by atoms with Crippen molar-refractivity contribution in [1.82, 2.24) is 4.98 Å². The van der Waals surface area contributed by atoms with E-state index in [2.05, 4.69) is 16.4 Å². The van der Waals surface area contributed by atoms with Crippen molar-refractivity contribution in [2.75, 3.05) is 11.6 Å². The highest BCUT2D eigenvalue weighted by Crippen LogP contribution is 2.23. The summed E-state index contributed by atoms with van der Waals surface area (Å²) in [5, 5.41) is 11.9. The van der Waals surface area contributed by atoms with Crippen molar-refractivity contribution in [3.8, 4) is 6.07 Å². The zero-order valence-electron chi connectivity index (χ0n) is 11.7. The van der Waals surface area contributed by atoms with Crippen molar-refractivity contribution in [2.45, 2.75) is 17.9 Å². The van der Waals surface area contributed by atoms with Gasteiger partial charge in [-0.25, -0.2) is 13.4 Å². The summed E-state index contributed by atoms with van der Waals surface area (Å²) in [4.78, 5) is 4.27. The molecule has 1 aromatic carbocycles. The molecule has 0 radical (unpaired) electrons. The van der Waals surface area contributed by atoms with E-state index in [4.69, 9.17) is 5.26 Å². The van der Waals surface area contributed by atoms with E-state index >= 15 is 0 Å². The number of hydrogen-bond donors (Lipinski definition) is 1. The maximum absolute atomic E-state index is 11.7. The Bertz CT molecular complexity index is 777. The highest BCUT2D eigenvalue weighted by molar-refractivity contribution is 7.90. The number of nitriles is 1. The van der Waals surface area contributed by atoms with Crippen LogP contribution in [0.1, 0.15) is 24.1 Å². The number of benzene rings is 1. The second-order valence-corrected chi connectivity index (χ2v) is 6.71. The van der Waals surface area contributed by atoms with Crippen LogP contribution in [0.4, 0.5) is 5.82 Å². The van der Waals surface area contributed by atoms with E-state index in [9.17, 15) is 8.42 Å². The molecule has 1 N–H and O–H groups in total. The summed E-state index contributed by atoms with van der Waals surface area (Å²) < 4.78 is 23.5. The lowest BCUT2D eigenvalue weighted by Gasteiger charge is -2.16. The summed E-state index contributed by atoms with van der Waals surface area (Å²) in [7, 11) is -3.34. The Morgan fingerprint density at radius 1 is 1.24 bits per heavy atom. The van der Waals surface area contributed by atoms with Crippen molar-refractivity contribution in [2.24, 2.45) is 0 Å². The molecule has 2 rings (SSSR count). The van der Waals surface area contributed by atoms with Crippen LogP contribution in [0, 0.1) is 11.3 Å². The van der Waals surface area contributed by atoms with Gasteiger partial charge in [-0.3, -0.25) is 0 Å². The fourth-order valence-corrected chi connectivity index (χ4v) is 2.72. The number of sulfone groups is 1. The van der Waals surface area contributed by atoms with Crippen LogP contribution in [0.3, 0.4) is 0 Å². The highest BCUT2D eigenvalue weighted by Gasteiger charge is 2.16. The third-order valence-electron chi connectivity index (χ3n) is 3.06. The minimum absolute atomic E-state index is 0.131. The van der Waals surface area contributed by atoms with Gasteiger partial charge < -0.3 is 5.32 Å². The first-order valence-corrected chi connectivity index (χ1v) is 8.22. The lowest BCUT2D eigenvalue weighted by atomic mass is 10.1. The second-order valence-electron chi connectivity index (χ2n) is 4.72. The maximum atomic E-state index is 11.7. The third kappa shape index (κ3) is 3.58. The molecule has 5 nitrogen and oxygen atoms in total. The SMILES string of the molecule is CC(Nc1ncccc1S(C)(=O)=O)c1ccc(C#N)cc1. The lowest BCUT2D eigenvalue weighted by Crippen LogP contribution is -2.11. The molecule has 1 unspecified atom stereocenters. The molecular weight excluding hydrogens is 286 g/mol. The average molecular weight is 301 g/mol. The molecule has 21 heavy (non-hydrogen) atoms. The molecule has 1 heterocycles. The lowest BCUT2D eigenvalue weighted by molar-refractivity contribution is 0.601. The van der Waals surface area contributed by atoms with Gasteiger partial charge in [0.15, 0.2) is 9.84 Å². The Kier molecular flexibility index (Phi) is 4.24. The van der Waals surface area contributed by atoms with E-state index < -0.39 is 9.84 Å². The van der Waals surface area contributed by atoms with Crippen LogP contribution in [-0.4, -0.2) is 19.7 Å². The van der Waals surface area contributed by atoms with Gasteiger partial charge in [-0.1, -0.05) is 12.1 Å². The maximum Gasteiger partial charge on any atom is 0.179 e. The van der Waals surface area contributed by atoms with Crippen molar-refractivity contribution < 1.29 is 8.42 Å². The molecule has 0 saturated carbocycles. The Balaban J connectivity index is 2.28. The molecule has 0 fully saturated rings. The van der Waals surface area contributed by atoms with Crippen LogP contribution >= 0.6 is 0 Å². The van der Waals surface area contributed by atoms with Gasteiger partial charge in [0.2, 0.25) is 0 Å². The smallest absolute Gasteiger partial charge is 0.179 e. The molecule has 0 aliphatic heterocycles. The largest absolute Gasteiger partial charge is 0.362 e. The summed E-state index contributed by atoms with van der Waals surface area (Å²) in [5.74, 6) is 0.330. The minimum Gasteiger partial charge on any atom is -0.362 e. The van der Waals surface area contributed by atoms with E-state index in [1.54, 1.807) is 24.4 Å². The quantitative estimate of drug-likeness (QED) is 0.938. The van der Waals surface area contributed by atoms with E-state index in [0.29, 0.717) is 11.4 Å². The first kappa shape index (κ1) is 15.0. The topological polar surface area (TPSA) is 82.8 Å². The zero-order chi connectivity index (χ0) is 15.5. The molecule has 0 aliphatic carbocycles. The zero-order valence-corrected chi connectivity index (χ0v) is 12.6. The van der Waals surface area contributed by atoms with E-state index in [1.165, 1.54) is 6.07 Å². The molecule has 2 aromatic rings. The van der Waals surface area contributed by atoms with E-state index in [1.807, 2.05) is 19.1 Å². The predicted octanol–water partition coefficient (Wildman–Crippen LogP) is 2.53. The summed E-state index contributed by atoms with van der Waals surface area (Å²) >= 11 is 0. The van der Waals surface area contributed by atoms with Gasteiger partial charge in [0, 0.05) is 18.5 Å². The molecule has 0 amide bonds. The van der Waals surface area contributed by atoms with Crippen LogP contribution in [0.5, 0.6) is 0 Å². The molecule has 1 aromatic heterocycles. The van der Waals surface area contributed by atoms with Gasteiger partial charge in [0.1, 0.15) is 10.7 Å². The van der Waals surface area contributed by atoms with Crippen LogP contribution in [0.2, 0.25) is 0 Å². The number of rotatable bonds is 4. The second kappa shape index (κ2) is 5.94. The Labute approximate surface area is 124 Å². The van der Waals surface area contributed by atoms with Crippen molar-refractivity contribution in [3.05, 3.63) is 53.7 Å². The highest BCUT2D eigenvalue weighted by atomic mass is 32.2. The van der Waals surface area contributed by atoms with Crippen LogP contribution < -0.4 is 5.32 Å². The summed E-state index contributed by atoms with van der Waals surface area (Å²) in [6.07, 6.45) is 2.70. The molecule has 0 spiro atoms. The number of hydrogen-bond acceptors (Lipinski definition) is 5. The summed E-state index contributed by atoms with van der Waals surface area (Å²) in [6, 6.07) is 12.2. The summed E-state index contributed by atoms with van der Waals surface area (Å²) in [5.41, 5.74) is 1.53. The standard InChI is InChI=1S/C15H15N3O2S/c1-11(13-7-5-12(10-16)6-8-13)18-15-14(21(2,19)20)4-3-9-17-15/h3-9,11H,1-2H3,(H,17,18). The predicted molar refractivity (Wildman–Crippen MR) is 80.5 cm³/mol.